The van der Waals surface area contributed by atoms with Crippen LogP contribution in [0.25, 0.3) is 0 Å². The van der Waals surface area contributed by atoms with Crippen molar-refractivity contribution < 1.29 is 19.5 Å². The first kappa shape index (κ1) is 13.1. The number of rotatable bonds is 2. The zero-order chi connectivity index (χ0) is 15.1. The van der Waals surface area contributed by atoms with Gasteiger partial charge in [0, 0.05) is 0 Å². The third kappa shape index (κ3) is 1.82. The molecule has 0 aliphatic carbocycles. The molecule has 0 bridgehead atoms. The number of carbonyl (C=O) groups excluding carboxylic acids is 2. The predicted octanol–water partition coefficient (Wildman–Crippen LogP) is 2.49. The molecular formula is C16H11NO4. The molecule has 2 aromatic carbocycles. The summed E-state index contributed by atoms with van der Waals surface area (Å²) in [6.07, 6.45) is 0. The van der Waals surface area contributed by atoms with Gasteiger partial charge in [0.2, 0.25) is 0 Å². The van der Waals surface area contributed by atoms with E-state index in [1.165, 1.54) is 12.1 Å². The Morgan fingerprint density at radius 2 is 1.52 bits per heavy atom. The third-order valence-electron chi connectivity index (χ3n) is 3.57. The number of hydrogen-bond acceptors (Lipinski definition) is 3. The summed E-state index contributed by atoms with van der Waals surface area (Å²) in [4.78, 5) is 37.0. The predicted molar refractivity (Wildman–Crippen MR) is 75.7 cm³/mol. The molecule has 0 aromatic heterocycles. The highest BCUT2D eigenvalue weighted by atomic mass is 16.4. The second-order valence-electron chi connectivity index (χ2n) is 4.75. The quantitative estimate of drug-likeness (QED) is 0.858. The van der Waals surface area contributed by atoms with Crippen LogP contribution in [0.3, 0.4) is 0 Å². The molecule has 0 fully saturated rings. The van der Waals surface area contributed by atoms with Crippen LogP contribution in [0.5, 0.6) is 0 Å². The molecule has 0 atom stereocenters. The zero-order valence-electron chi connectivity index (χ0n) is 11.2. The Morgan fingerprint density at radius 3 is 2.05 bits per heavy atom. The van der Waals surface area contributed by atoms with Gasteiger partial charge >= 0.3 is 5.97 Å². The number of nitrogens with zero attached hydrogens (tertiary/aromatic N) is 1. The largest absolute Gasteiger partial charge is 0.478 e. The number of carboxylic acids is 1. The Morgan fingerprint density at radius 1 is 0.952 bits per heavy atom. The van der Waals surface area contributed by atoms with Crippen molar-refractivity contribution in [2.45, 2.75) is 6.92 Å². The Hall–Kier alpha value is -2.95. The number of benzene rings is 2. The van der Waals surface area contributed by atoms with Crippen LogP contribution in [0.1, 0.15) is 36.6 Å². The first-order valence-corrected chi connectivity index (χ1v) is 6.33. The smallest absolute Gasteiger partial charge is 0.336 e. The van der Waals surface area contributed by atoms with Crippen LogP contribution in [0.15, 0.2) is 42.5 Å². The highest BCUT2D eigenvalue weighted by Gasteiger charge is 2.37. The number of aromatic carboxylic acids is 1. The minimum absolute atomic E-state index is 0.0732. The molecule has 1 aliphatic rings. The fourth-order valence-electron chi connectivity index (χ4n) is 2.51. The summed E-state index contributed by atoms with van der Waals surface area (Å²) in [5.74, 6) is -1.95. The summed E-state index contributed by atoms with van der Waals surface area (Å²) in [6, 6.07) is 11.1. The van der Waals surface area contributed by atoms with E-state index >= 15 is 0 Å². The summed E-state index contributed by atoms with van der Waals surface area (Å²) in [7, 11) is 0. The van der Waals surface area contributed by atoms with Crippen molar-refractivity contribution in [3.63, 3.8) is 0 Å². The van der Waals surface area contributed by atoms with Crippen molar-refractivity contribution in [1.82, 2.24) is 0 Å². The molecule has 0 spiro atoms. The first-order chi connectivity index (χ1) is 10.0. The maximum atomic E-state index is 12.4. The van der Waals surface area contributed by atoms with E-state index in [2.05, 4.69) is 0 Å². The first-order valence-electron chi connectivity index (χ1n) is 6.33. The monoisotopic (exact) mass is 281 g/mol. The van der Waals surface area contributed by atoms with Gasteiger partial charge in [0.25, 0.3) is 11.8 Å². The molecule has 2 aromatic rings. The molecule has 0 unspecified atom stereocenters. The Bertz CT molecular complexity index is 760. The minimum atomic E-state index is -1.09. The van der Waals surface area contributed by atoms with Gasteiger partial charge in [-0.05, 0) is 36.8 Å². The lowest BCUT2D eigenvalue weighted by Gasteiger charge is -2.17. The van der Waals surface area contributed by atoms with Crippen LogP contribution in [0, 0.1) is 6.92 Å². The zero-order valence-corrected chi connectivity index (χ0v) is 11.2. The minimum Gasteiger partial charge on any atom is -0.478 e. The lowest BCUT2D eigenvalue weighted by atomic mass is 10.1. The fraction of sp³-hybridized carbons (Fsp3) is 0.0625. The number of imide groups is 1. The lowest BCUT2D eigenvalue weighted by molar-refractivity contribution is 0.0695. The number of anilines is 1. The molecule has 1 heterocycles. The van der Waals surface area contributed by atoms with Crippen LogP contribution in [-0.4, -0.2) is 22.9 Å². The summed E-state index contributed by atoms with van der Waals surface area (Å²) in [5, 5.41) is 9.15. The van der Waals surface area contributed by atoms with E-state index < -0.39 is 17.8 Å². The van der Waals surface area contributed by atoms with E-state index in [9.17, 15) is 14.4 Å². The highest BCUT2D eigenvalue weighted by Crippen LogP contribution is 2.31. The van der Waals surface area contributed by atoms with E-state index in [-0.39, 0.29) is 5.56 Å². The molecule has 0 saturated heterocycles. The van der Waals surface area contributed by atoms with E-state index in [0.717, 1.165) is 4.90 Å². The summed E-state index contributed by atoms with van der Waals surface area (Å²) >= 11 is 0. The second kappa shape index (κ2) is 4.56. The Labute approximate surface area is 120 Å². The standard InChI is InChI=1S/C16H11NO4/c1-9-10(16(20)21)7-4-8-13(9)17-14(18)11-5-2-3-6-12(11)15(17)19/h2-8H,1H3,(H,20,21). The van der Waals surface area contributed by atoms with Crippen LogP contribution in [-0.2, 0) is 0 Å². The summed E-state index contributed by atoms with van der Waals surface area (Å²) in [5.41, 5.74) is 1.44. The third-order valence-corrected chi connectivity index (χ3v) is 3.57. The second-order valence-corrected chi connectivity index (χ2v) is 4.75. The van der Waals surface area contributed by atoms with E-state index in [0.29, 0.717) is 22.4 Å². The van der Waals surface area contributed by atoms with Gasteiger partial charge in [-0.15, -0.1) is 0 Å². The Kier molecular flexibility index (Phi) is 2.83. The van der Waals surface area contributed by atoms with Crippen molar-refractivity contribution in [2.75, 3.05) is 4.90 Å². The van der Waals surface area contributed by atoms with Crippen LogP contribution >= 0.6 is 0 Å². The van der Waals surface area contributed by atoms with Crippen molar-refractivity contribution in [3.05, 3.63) is 64.7 Å². The van der Waals surface area contributed by atoms with E-state index in [4.69, 9.17) is 5.11 Å². The van der Waals surface area contributed by atoms with Gasteiger partial charge < -0.3 is 5.11 Å². The molecule has 104 valence electrons. The van der Waals surface area contributed by atoms with Gasteiger partial charge in [-0.3, -0.25) is 9.59 Å². The van der Waals surface area contributed by atoms with Crippen LogP contribution < -0.4 is 4.90 Å². The fourth-order valence-corrected chi connectivity index (χ4v) is 2.51. The molecule has 1 N–H and O–H groups in total. The maximum Gasteiger partial charge on any atom is 0.336 e. The highest BCUT2D eigenvalue weighted by molar-refractivity contribution is 6.34. The van der Waals surface area contributed by atoms with Crippen LogP contribution in [0.4, 0.5) is 5.69 Å². The molecule has 3 rings (SSSR count). The lowest BCUT2D eigenvalue weighted by Crippen LogP contribution is -2.30. The number of hydrogen-bond donors (Lipinski definition) is 1. The van der Waals surface area contributed by atoms with Gasteiger partial charge in [-0.1, -0.05) is 18.2 Å². The molecule has 2 amide bonds. The van der Waals surface area contributed by atoms with Crippen molar-refractivity contribution >= 4 is 23.5 Å². The number of amides is 2. The van der Waals surface area contributed by atoms with E-state index in [1.807, 2.05) is 0 Å². The van der Waals surface area contributed by atoms with Gasteiger partial charge in [-0.2, -0.15) is 0 Å². The topological polar surface area (TPSA) is 74.7 Å². The molecule has 1 aliphatic heterocycles. The molecule has 0 saturated carbocycles. The molecule has 21 heavy (non-hydrogen) atoms. The average molecular weight is 281 g/mol. The number of carbonyl (C=O) groups is 3. The van der Waals surface area contributed by atoms with Gasteiger partial charge in [-0.25, -0.2) is 9.69 Å². The molecule has 0 radical (unpaired) electrons. The van der Waals surface area contributed by atoms with Crippen molar-refractivity contribution in [1.29, 1.82) is 0 Å². The Balaban J connectivity index is 2.16. The molecule has 5 heteroatoms. The van der Waals surface area contributed by atoms with Crippen molar-refractivity contribution in [2.24, 2.45) is 0 Å². The van der Waals surface area contributed by atoms with Gasteiger partial charge in [0.15, 0.2) is 0 Å². The summed E-state index contributed by atoms with van der Waals surface area (Å²) in [6.45, 7) is 1.59. The van der Waals surface area contributed by atoms with Crippen LogP contribution in [0.2, 0.25) is 0 Å². The van der Waals surface area contributed by atoms with Gasteiger partial charge in [0.05, 0.1) is 22.4 Å². The average Bonchev–Trinajstić information content (AvgIpc) is 2.72. The molecule has 5 nitrogen and oxygen atoms in total. The normalized spacial score (nSPS) is 13.5. The number of fused-ring (bicyclic) bond motifs is 1. The SMILES string of the molecule is Cc1c(C(=O)O)cccc1N1C(=O)c2ccccc2C1=O. The van der Waals surface area contributed by atoms with Gasteiger partial charge in [0.1, 0.15) is 0 Å². The maximum absolute atomic E-state index is 12.4. The van der Waals surface area contributed by atoms with E-state index in [1.54, 1.807) is 37.3 Å². The number of carboxylic acid groups (broad SMARTS) is 1. The van der Waals surface area contributed by atoms with Crippen molar-refractivity contribution in [3.8, 4) is 0 Å². The summed E-state index contributed by atoms with van der Waals surface area (Å²) < 4.78 is 0. The molecular weight excluding hydrogens is 270 g/mol.